The van der Waals surface area contributed by atoms with Gasteiger partial charge in [0.2, 0.25) is 0 Å². The molecule has 214 valence electrons. The molecule has 0 radical (unpaired) electrons. The molecule has 3 rings (SSSR count). The number of hydrogen-bond donors (Lipinski definition) is 2. The number of hydrogen-bond acceptors (Lipinski definition) is 10. The predicted molar refractivity (Wildman–Crippen MR) is 135 cm³/mol. The van der Waals surface area contributed by atoms with E-state index in [-0.39, 0.29) is 60.7 Å². The summed E-state index contributed by atoms with van der Waals surface area (Å²) in [5, 5.41) is 18.9. The summed E-state index contributed by atoms with van der Waals surface area (Å²) in [7, 11) is 13.2. The van der Waals surface area contributed by atoms with Crippen molar-refractivity contribution in [1.29, 1.82) is 0 Å². The third kappa shape index (κ3) is 7.47. The number of rotatable bonds is 8. The van der Waals surface area contributed by atoms with Gasteiger partial charge in [-0.1, -0.05) is 32.9 Å². The molecule has 36 heavy (non-hydrogen) atoms. The molecule has 10 atom stereocenters. The lowest BCUT2D eigenvalue weighted by Crippen LogP contribution is -2.37. The molecule has 0 aromatic heterocycles. The number of aliphatic hydroxyl groups is 2. The van der Waals surface area contributed by atoms with E-state index in [1.165, 1.54) is 14.2 Å². The Labute approximate surface area is 217 Å². The molecule has 3 aliphatic carbocycles. The van der Waals surface area contributed by atoms with Crippen LogP contribution >= 0.6 is 0 Å². The minimum atomic E-state index is -0.838. The Balaban J connectivity index is 0.000000274. The SMILES string of the molecule is COC1C(C)C(OC)C(O)C1O.COC1C(C)C(OC)C(OC)C1OC.COC1C=CC(OC)C1C. The standard InChI is InChI=1S/C10H20O4.C8H16O4.C8H14O2/c1-6-7(11-2)9(13-4)10(14-5)8(6)12-3;1-4-7(11-2)5(9)6(10)8(4)12-3;1-6-7(9-2)4-5-8(6)10-3/h6-10H,1-5H3;4-10H,1-3H3;4-8H,1-3H3. The molecule has 0 heterocycles. The van der Waals surface area contributed by atoms with Gasteiger partial charge in [-0.15, -0.1) is 0 Å². The van der Waals surface area contributed by atoms with E-state index in [0.717, 1.165) is 0 Å². The highest BCUT2D eigenvalue weighted by Gasteiger charge is 2.50. The van der Waals surface area contributed by atoms with Gasteiger partial charge in [-0.05, 0) is 0 Å². The third-order valence-electron chi connectivity index (χ3n) is 7.77. The van der Waals surface area contributed by atoms with Gasteiger partial charge in [-0.2, -0.15) is 0 Å². The largest absolute Gasteiger partial charge is 0.388 e. The average molecular weight is 523 g/mol. The Morgan fingerprint density at radius 3 is 0.861 bits per heavy atom. The zero-order valence-corrected chi connectivity index (χ0v) is 23.8. The second kappa shape index (κ2) is 16.3. The van der Waals surface area contributed by atoms with Gasteiger partial charge in [-0.25, -0.2) is 0 Å². The van der Waals surface area contributed by atoms with Crippen molar-refractivity contribution in [3.63, 3.8) is 0 Å². The fourth-order valence-corrected chi connectivity index (χ4v) is 5.64. The van der Waals surface area contributed by atoms with E-state index in [0.29, 0.717) is 5.92 Å². The van der Waals surface area contributed by atoms with Crippen LogP contribution in [0.2, 0.25) is 0 Å². The predicted octanol–water partition coefficient (Wildman–Crippen LogP) is 1.31. The molecule has 0 saturated heterocycles. The Hall–Kier alpha value is -0.660. The van der Waals surface area contributed by atoms with Crippen LogP contribution in [0.4, 0.5) is 0 Å². The topological polar surface area (TPSA) is 114 Å². The van der Waals surface area contributed by atoms with Crippen molar-refractivity contribution in [2.24, 2.45) is 17.8 Å². The highest BCUT2D eigenvalue weighted by Crippen LogP contribution is 2.34. The van der Waals surface area contributed by atoms with E-state index in [4.69, 9.17) is 37.9 Å². The Bertz CT molecular complexity index is 572. The molecule has 10 unspecified atom stereocenters. The first-order chi connectivity index (χ1) is 17.1. The van der Waals surface area contributed by atoms with E-state index in [1.54, 1.807) is 42.7 Å². The first-order valence-corrected chi connectivity index (χ1v) is 12.4. The van der Waals surface area contributed by atoms with E-state index in [2.05, 4.69) is 26.0 Å². The van der Waals surface area contributed by atoms with E-state index >= 15 is 0 Å². The molecular weight excluding hydrogens is 472 g/mol. The minimum Gasteiger partial charge on any atom is -0.388 e. The monoisotopic (exact) mass is 522 g/mol. The Kier molecular flexibility index (Phi) is 15.1. The van der Waals surface area contributed by atoms with Crippen molar-refractivity contribution in [3.8, 4) is 0 Å². The van der Waals surface area contributed by atoms with Crippen molar-refractivity contribution in [2.75, 3.05) is 56.9 Å². The van der Waals surface area contributed by atoms with Crippen molar-refractivity contribution in [1.82, 2.24) is 0 Å². The lowest BCUT2D eigenvalue weighted by molar-refractivity contribution is -0.0935. The summed E-state index contributed by atoms with van der Waals surface area (Å²) in [6, 6.07) is 0. The zero-order valence-electron chi connectivity index (χ0n) is 23.8. The maximum Gasteiger partial charge on any atom is 0.112 e. The summed E-state index contributed by atoms with van der Waals surface area (Å²) in [6.45, 7) is 6.11. The summed E-state index contributed by atoms with van der Waals surface area (Å²) >= 11 is 0. The number of methoxy groups -OCH3 is 8. The molecule has 0 aromatic rings. The van der Waals surface area contributed by atoms with Gasteiger partial charge < -0.3 is 48.1 Å². The average Bonchev–Trinajstić information content (AvgIpc) is 3.46. The smallest absolute Gasteiger partial charge is 0.112 e. The molecule has 2 saturated carbocycles. The zero-order chi connectivity index (χ0) is 27.6. The Morgan fingerprint density at radius 1 is 0.389 bits per heavy atom. The van der Waals surface area contributed by atoms with Gasteiger partial charge in [0.25, 0.3) is 0 Å². The molecule has 0 amide bonds. The molecule has 0 bridgehead atoms. The van der Waals surface area contributed by atoms with Crippen LogP contribution in [-0.4, -0.2) is 128 Å². The lowest BCUT2D eigenvalue weighted by Gasteiger charge is -2.22. The van der Waals surface area contributed by atoms with Gasteiger partial charge in [0, 0.05) is 74.6 Å². The van der Waals surface area contributed by atoms with Gasteiger partial charge in [-0.3, -0.25) is 0 Å². The first-order valence-electron chi connectivity index (χ1n) is 12.4. The molecule has 0 aliphatic heterocycles. The van der Waals surface area contributed by atoms with Gasteiger partial charge >= 0.3 is 0 Å². The molecule has 2 fully saturated rings. The van der Waals surface area contributed by atoms with Crippen molar-refractivity contribution >= 4 is 0 Å². The van der Waals surface area contributed by atoms with Crippen LogP contribution in [0.3, 0.4) is 0 Å². The molecule has 10 nitrogen and oxygen atoms in total. The third-order valence-corrected chi connectivity index (χ3v) is 7.77. The first kappa shape index (κ1) is 33.4. The van der Waals surface area contributed by atoms with Gasteiger partial charge in [0.05, 0.1) is 36.6 Å². The highest BCUT2D eigenvalue weighted by molar-refractivity contribution is 5.08. The summed E-state index contributed by atoms with van der Waals surface area (Å²) in [6.07, 6.45) is 2.23. The van der Waals surface area contributed by atoms with Gasteiger partial charge in [0.15, 0.2) is 0 Å². The second-order valence-corrected chi connectivity index (χ2v) is 9.55. The summed E-state index contributed by atoms with van der Waals surface area (Å²) in [5.74, 6) is 0.750. The lowest BCUT2D eigenvalue weighted by atomic mass is 10.1. The van der Waals surface area contributed by atoms with Crippen LogP contribution in [0.5, 0.6) is 0 Å². The minimum absolute atomic E-state index is 0.0185. The number of aliphatic hydroxyl groups excluding tert-OH is 2. The molecule has 3 aliphatic rings. The summed E-state index contributed by atoms with van der Waals surface area (Å²) in [5.41, 5.74) is 0. The quantitative estimate of drug-likeness (QED) is 0.452. The summed E-state index contributed by atoms with van der Waals surface area (Å²) in [4.78, 5) is 0. The number of ether oxygens (including phenoxy) is 8. The van der Waals surface area contributed by atoms with Crippen LogP contribution < -0.4 is 0 Å². The molecule has 10 heteroatoms. The van der Waals surface area contributed by atoms with Crippen molar-refractivity contribution in [2.45, 2.75) is 81.8 Å². The van der Waals surface area contributed by atoms with Crippen LogP contribution in [0.25, 0.3) is 0 Å². The molecule has 2 N–H and O–H groups in total. The normalized spacial score (nSPS) is 43.6. The van der Waals surface area contributed by atoms with E-state index < -0.39 is 12.2 Å². The maximum atomic E-state index is 9.47. The second-order valence-electron chi connectivity index (χ2n) is 9.55. The fraction of sp³-hybridized carbons (Fsp3) is 0.923. The fourth-order valence-electron chi connectivity index (χ4n) is 5.64. The summed E-state index contributed by atoms with van der Waals surface area (Å²) < 4.78 is 42.1. The van der Waals surface area contributed by atoms with Crippen LogP contribution in [0.1, 0.15) is 20.8 Å². The van der Waals surface area contributed by atoms with E-state index in [9.17, 15) is 10.2 Å². The molecule has 0 spiro atoms. The highest BCUT2D eigenvalue weighted by atomic mass is 16.6. The van der Waals surface area contributed by atoms with Crippen molar-refractivity contribution < 1.29 is 48.1 Å². The van der Waals surface area contributed by atoms with Crippen LogP contribution in [0, 0.1) is 17.8 Å². The Morgan fingerprint density at radius 2 is 0.667 bits per heavy atom. The van der Waals surface area contributed by atoms with Gasteiger partial charge in [0.1, 0.15) is 24.4 Å². The van der Waals surface area contributed by atoms with Crippen molar-refractivity contribution in [3.05, 3.63) is 12.2 Å². The molecule has 0 aromatic carbocycles. The van der Waals surface area contributed by atoms with Crippen LogP contribution in [-0.2, 0) is 37.9 Å². The molecular formula is C26H50O10. The van der Waals surface area contributed by atoms with Crippen LogP contribution in [0.15, 0.2) is 12.2 Å². The maximum absolute atomic E-state index is 9.47. The van der Waals surface area contributed by atoms with E-state index in [1.807, 2.05) is 6.92 Å².